The van der Waals surface area contributed by atoms with Gasteiger partial charge in [0.05, 0.1) is 0 Å². The van der Waals surface area contributed by atoms with E-state index in [0.717, 1.165) is 36.0 Å². The summed E-state index contributed by atoms with van der Waals surface area (Å²) in [5.41, 5.74) is 13.8. The first-order valence-electron chi connectivity index (χ1n) is 5.44. The van der Waals surface area contributed by atoms with E-state index in [1.54, 1.807) is 0 Å². The van der Waals surface area contributed by atoms with Crippen LogP contribution in [0.4, 0.5) is 0 Å². The molecule has 0 aromatic carbocycles. The molecule has 0 amide bonds. The second kappa shape index (κ2) is 2.25. The van der Waals surface area contributed by atoms with Gasteiger partial charge in [-0.15, -0.1) is 0 Å². The average Bonchev–Trinajstić information content (AvgIpc) is 2.75. The van der Waals surface area contributed by atoms with E-state index < -0.39 is 0 Å². The molecule has 0 spiro atoms. The second-order valence-electron chi connectivity index (χ2n) is 5.04. The molecule has 2 aliphatic carbocycles. The van der Waals surface area contributed by atoms with Gasteiger partial charge in [0.25, 0.3) is 0 Å². The minimum Gasteiger partial charge on any atom is -0.254 e. The molecule has 72 valence electrons. The molecule has 2 bridgehead atoms. The van der Waals surface area contributed by atoms with Crippen LogP contribution in [0, 0.1) is 11.8 Å². The van der Waals surface area contributed by atoms with E-state index in [4.69, 9.17) is 0 Å². The van der Waals surface area contributed by atoms with Gasteiger partial charge in [-0.05, 0) is 31.1 Å². The molecular formula is C9H16N4. The van der Waals surface area contributed by atoms with Crippen LogP contribution in [0.25, 0.3) is 0 Å². The van der Waals surface area contributed by atoms with Crippen LogP contribution in [-0.2, 0) is 0 Å². The Labute approximate surface area is 77.8 Å². The highest BCUT2D eigenvalue weighted by molar-refractivity contribution is 5.10. The van der Waals surface area contributed by atoms with Gasteiger partial charge in [0.2, 0.25) is 0 Å². The summed E-state index contributed by atoms with van der Waals surface area (Å²) in [7, 11) is 0. The van der Waals surface area contributed by atoms with Crippen LogP contribution in [0.1, 0.15) is 19.3 Å². The van der Waals surface area contributed by atoms with Crippen molar-refractivity contribution in [2.75, 3.05) is 0 Å². The van der Waals surface area contributed by atoms with E-state index in [9.17, 15) is 0 Å². The maximum absolute atomic E-state index is 3.45. The molecular weight excluding hydrogens is 164 g/mol. The number of hydrogen-bond acceptors (Lipinski definition) is 4. The van der Waals surface area contributed by atoms with E-state index >= 15 is 0 Å². The van der Waals surface area contributed by atoms with Crippen LogP contribution in [0.5, 0.6) is 0 Å². The molecule has 2 saturated carbocycles. The lowest BCUT2D eigenvalue weighted by Gasteiger charge is -2.41. The minimum absolute atomic E-state index is 0.722. The van der Waals surface area contributed by atoms with Gasteiger partial charge in [-0.1, -0.05) is 0 Å². The van der Waals surface area contributed by atoms with Crippen LogP contribution in [0.15, 0.2) is 0 Å². The topological polar surface area (TPSA) is 48.1 Å². The maximum atomic E-state index is 3.45. The molecule has 2 aliphatic heterocycles. The normalized spacial score (nSPS) is 62.8. The molecule has 6 atom stereocenters. The Morgan fingerprint density at radius 2 is 0.923 bits per heavy atom. The molecule has 4 nitrogen and oxygen atoms in total. The van der Waals surface area contributed by atoms with Gasteiger partial charge in [-0.25, -0.2) is 0 Å². The van der Waals surface area contributed by atoms with E-state index in [2.05, 4.69) is 21.7 Å². The van der Waals surface area contributed by atoms with E-state index in [1.165, 1.54) is 19.3 Å². The van der Waals surface area contributed by atoms with Gasteiger partial charge < -0.3 is 0 Å². The summed E-state index contributed by atoms with van der Waals surface area (Å²) >= 11 is 0. The first-order valence-corrected chi connectivity index (χ1v) is 5.44. The van der Waals surface area contributed by atoms with Crippen LogP contribution in [0.2, 0.25) is 0 Å². The van der Waals surface area contributed by atoms with Crippen molar-refractivity contribution in [3.8, 4) is 0 Å². The first-order chi connectivity index (χ1) is 6.42. The fraction of sp³-hybridized carbons (Fsp3) is 1.00. The molecule has 2 saturated heterocycles. The first kappa shape index (κ1) is 7.17. The predicted octanol–water partition coefficient (Wildman–Crippen LogP) is -0.894. The van der Waals surface area contributed by atoms with Gasteiger partial charge in [-0.2, -0.15) is 0 Å². The Morgan fingerprint density at radius 1 is 0.538 bits per heavy atom. The summed E-state index contributed by atoms with van der Waals surface area (Å²) in [6, 6.07) is 2.89. The molecule has 0 radical (unpaired) electrons. The Hall–Kier alpha value is -0.160. The van der Waals surface area contributed by atoms with E-state index in [1.807, 2.05) is 0 Å². The number of hydrazine groups is 2. The molecule has 4 N–H and O–H groups in total. The fourth-order valence-corrected chi connectivity index (χ4v) is 3.87. The summed E-state index contributed by atoms with van der Waals surface area (Å²) < 4.78 is 0. The summed E-state index contributed by atoms with van der Waals surface area (Å²) in [5.74, 6) is 1.80. The molecule has 2 heterocycles. The number of hydrogen-bond donors (Lipinski definition) is 4. The summed E-state index contributed by atoms with van der Waals surface area (Å²) in [5, 5.41) is 0. The molecule has 0 aromatic heterocycles. The van der Waals surface area contributed by atoms with Crippen molar-refractivity contribution >= 4 is 0 Å². The van der Waals surface area contributed by atoms with Crippen LogP contribution < -0.4 is 21.7 Å². The van der Waals surface area contributed by atoms with Gasteiger partial charge >= 0.3 is 0 Å². The van der Waals surface area contributed by atoms with Crippen molar-refractivity contribution in [3.63, 3.8) is 0 Å². The van der Waals surface area contributed by atoms with Gasteiger partial charge in [0.1, 0.15) is 0 Å². The Morgan fingerprint density at radius 3 is 1.31 bits per heavy atom. The van der Waals surface area contributed by atoms with Crippen molar-refractivity contribution < 1.29 is 0 Å². The monoisotopic (exact) mass is 180 g/mol. The highest BCUT2D eigenvalue weighted by atomic mass is 15.5. The summed E-state index contributed by atoms with van der Waals surface area (Å²) in [6.45, 7) is 0. The van der Waals surface area contributed by atoms with Crippen molar-refractivity contribution in [1.82, 2.24) is 21.7 Å². The third-order valence-corrected chi connectivity index (χ3v) is 4.54. The zero-order chi connectivity index (χ0) is 8.41. The largest absolute Gasteiger partial charge is 0.254 e. The Balaban J connectivity index is 1.75. The molecule has 13 heavy (non-hydrogen) atoms. The third-order valence-electron chi connectivity index (χ3n) is 4.54. The van der Waals surface area contributed by atoms with Gasteiger partial charge in [0.15, 0.2) is 0 Å². The zero-order valence-electron chi connectivity index (χ0n) is 7.59. The van der Waals surface area contributed by atoms with E-state index in [0.29, 0.717) is 0 Å². The smallest absolute Gasteiger partial charge is 0.0272 e. The molecule has 4 rings (SSSR count). The van der Waals surface area contributed by atoms with Crippen LogP contribution in [0.3, 0.4) is 0 Å². The van der Waals surface area contributed by atoms with Crippen LogP contribution >= 0.6 is 0 Å². The van der Waals surface area contributed by atoms with Gasteiger partial charge in [0, 0.05) is 24.2 Å². The van der Waals surface area contributed by atoms with E-state index in [-0.39, 0.29) is 0 Å². The van der Waals surface area contributed by atoms with Crippen molar-refractivity contribution in [1.29, 1.82) is 0 Å². The fourth-order valence-electron chi connectivity index (χ4n) is 3.87. The third kappa shape index (κ3) is 0.801. The highest BCUT2D eigenvalue weighted by Gasteiger charge is 2.53. The molecule has 4 fully saturated rings. The van der Waals surface area contributed by atoms with Crippen molar-refractivity contribution in [2.45, 2.75) is 43.4 Å². The minimum atomic E-state index is 0.722. The molecule has 0 aromatic rings. The van der Waals surface area contributed by atoms with Gasteiger partial charge in [-0.3, -0.25) is 21.7 Å². The maximum Gasteiger partial charge on any atom is 0.0272 e. The SMILES string of the molecule is C1C2[C@@H]3C[C@H]4NN[C@@H](C[C@H]2NN3)C14. The Bertz CT molecular complexity index is 200. The molecule has 4 aliphatic rings. The highest BCUT2D eigenvalue weighted by Crippen LogP contribution is 2.44. The lowest BCUT2D eigenvalue weighted by Crippen LogP contribution is -2.48. The van der Waals surface area contributed by atoms with Crippen molar-refractivity contribution in [2.24, 2.45) is 11.8 Å². The molecule has 2 unspecified atom stereocenters. The van der Waals surface area contributed by atoms with Crippen LogP contribution in [-0.4, -0.2) is 24.2 Å². The summed E-state index contributed by atoms with van der Waals surface area (Å²) in [6.07, 6.45) is 4.00. The quantitative estimate of drug-likeness (QED) is 0.390. The van der Waals surface area contributed by atoms with Crippen molar-refractivity contribution in [3.05, 3.63) is 0 Å². The predicted molar refractivity (Wildman–Crippen MR) is 48.5 cm³/mol. The second-order valence-corrected chi connectivity index (χ2v) is 5.04. The number of rotatable bonds is 0. The average molecular weight is 180 g/mol. The summed E-state index contributed by atoms with van der Waals surface area (Å²) in [4.78, 5) is 0. The lowest BCUT2D eigenvalue weighted by atomic mass is 9.65. The zero-order valence-corrected chi connectivity index (χ0v) is 7.59. The number of nitrogens with one attached hydrogen (secondary N) is 4. The lowest BCUT2D eigenvalue weighted by molar-refractivity contribution is 0.153. The standard InChI is InChI=1S/C9H16N4/c1-4-6-2-7-5(1)9(13-11-7)3-8(4)12-10-6/h4-13H,1-3H2/t4?,5?,6-,7+,8+,9-. The Kier molecular flexibility index (Phi) is 1.24. The molecule has 4 heteroatoms.